The van der Waals surface area contributed by atoms with E-state index in [1.807, 2.05) is 49.4 Å². The number of amides is 1. The molecular formula is C18H19N5O. The van der Waals surface area contributed by atoms with Crippen LogP contribution in [-0.2, 0) is 6.54 Å². The molecule has 0 unspecified atom stereocenters. The summed E-state index contributed by atoms with van der Waals surface area (Å²) >= 11 is 0. The maximum atomic E-state index is 12.4. The minimum absolute atomic E-state index is 0.215. The number of anilines is 1. The van der Waals surface area contributed by atoms with E-state index in [1.54, 1.807) is 4.68 Å². The van der Waals surface area contributed by atoms with E-state index in [2.05, 4.69) is 20.6 Å². The van der Waals surface area contributed by atoms with Crippen molar-refractivity contribution in [2.24, 2.45) is 0 Å². The molecule has 6 nitrogen and oxygen atoms in total. The minimum Gasteiger partial charge on any atom is -0.305 e. The SMILES string of the molecule is Cc1cc(NC(=O)c2cc(C3CC3)[nH]n2)n(Cc2ccccc2)n1. The van der Waals surface area contributed by atoms with Gasteiger partial charge in [0, 0.05) is 17.7 Å². The third-order valence-corrected chi connectivity index (χ3v) is 4.17. The van der Waals surface area contributed by atoms with Crippen LogP contribution < -0.4 is 5.32 Å². The lowest BCUT2D eigenvalue weighted by Crippen LogP contribution is -2.16. The quantitative estimate of drug-likeness (QED) is 0.758. The van der Waals surface area contributed by atoms with Gasteiger partial charge in [-0.3, -0.25) is 9.89 Å². The Hall–Kier alpha value is -2.89. The number of nitrogens with one attached hydrogen (secondary N) is 2. The van der Waals surface area contributed by atoms with E-state index in [4.69, 9.17) is 0 Å². The number of nitrogens with zero attached hydrogens (tertiary/aromatic N) is 3. The summed E-state index contributed by atoms with van der Waals surface area (Å²) in [6, 6.07) is 13.8. The molecule has 1 aliphatic rings. The fraction of sp³-hybridized carbons (Fsp3) is 0.278. The van der Waals surface area contributed by atoms with E-state index in [0.717, 1.165) is 17.0 Å². The summed E-state index contributed by atoms with van der Waals surface area (Å²) in [4.78, 5) is 12.4. The zero-order valence-corrected chi connectivity index (χ0v) is 13.5. The molecule has 0 radical (unpaired) electrons. The number of aryl methyl sites for hydroxylation is 1. The van der Waals surface area contributed by atoms with Gasteiger partial charge < -0.3 is 5.32 Å². The van der Waals surface area contributed by atoms with Gasteiger partial charge in [0.1, 0.15) is 5.82 Å². The Labute approximate surface area is 139 Å². The van der Waals surface area contributed by atoms with Crippen molar-refractivity contribution < 1.29 is 4.79 Å². The second kappa shape index (κ2) is 5.96. The molecule has 1 saturated carbocycles. The summed E-state index contributed by atoms with van der Waals surface area (Å²) in [5.74, 6) is 1.01. The fourth-order valence-electron chi connectivity index (χ4n) is 2.76. The number of rotatable bonds is 5. The maximum Gasteiger partial charge on any atom is 0.277 e. The van der Waals surface area contributed by atoms with Crippen LogP contribution in [0.5, 0.6) is 0 Å². The van der Waals surface area contributed by atoms with Crippen molar-refractivity contribution in [1.29, 1.82) is 0 Å². The lowest BCUT2D eigenvalue weighted by Gasteiger charge is -2.08. The van der Waals surface area contributed by atoms with Gasteiger partial charge in [-0.15, -0.1) is 0 Å². The number of carbonyl (C=O) groups excluding carboxylic acids is 1. The van der Waals surface area contributed by atoms with Gasteiger partial charge in [0.15, 0.2) is 5.69 Å². The molecule has 24 heavy (non-hydrogen) atoms. The molecule has 3 aromatic rings. The van der Waals surface area contributed by atoms with Crippen LogP contribution in [0, 0.1) is 6.92 Å². The molecule has 4 rings (SSSR count). The van der Waals surface area contributed by atoms with Crippen molar-refractivity contribution in [2.75, 3.05) is 5.32 Å². The Morgan fingerprint density at radius 3 is 2.83 bits per heavy atom. The topological polar surface area (TPSA) is 75.6 Å². The van der Waals surface area contributed by atoms with Gasteiger partial charge in [-0.1, -0.05) is 30.3 Å². The molecule has 1 amide bonds. The van der Waals surface area contributed by atoms with Gasteiger partial charge in [0.05, 0.1) is 12.2 Å². The molecule has 2 aromatic heterocycles. The van der Waals surface area contributed by atoms with Crippen LogP contribution in [0.15, 0.2) is 42.5 Å². The number of H-pyrrole nitrogens is 1. The lowest BCUT2D eigenvalue weighted by atomic mass is 10.2. The Bertz CT molecular complexity index is 861. The van der Waals surface area contributed by atoms with E-state index in [9.17, 15) is 4.79 Å². The van der Waals surface area contributed by atoms with Crippen molar-refractivity contribution in [2.45, 2.75) is 32.2 Å². The highest BCUT2D eigenvalue weighted by Crippen LogP contribution is 2.39. The molecule has 1 aromatic carbocycles. The number of aromatic amines is 1. The minimum atomic E-state index is -0.215. The fourth-order valence-corrected chi connectivity index (χ4v) is 2.76. The molecule has 6 heteroatoms. The third kappa shape index (κ3) is 3.08. The van der Waals surface area contributed by atoms with Gasteiger partial charge in [-0.25, -0.2) is 4.68 Å². The van der Waals surface area contributed by atoms with Crippen LogP contribution in [0.25, 0.3) is 0 Å². The largest absolute Gasteiger partial charge is 0.305 e. The predicted molar refractivity (Wildman–Crippen MR) is 91.0 cm³/mol. The van der Waals surface area contributed by atoms with E-state index in [-0.39, 0.29) is 5.91 Å². The van der Waals surface area contributed by atoms with Crippen LogP contribution >= 0.6 is 0 Å². The predicted octanol–water partition coefficient (Wildman–Crippen LogP) is 3.09. The van der Waals surface area contributed by atoms with E-state index >= 15 is 0 Å². The van der Waals surface area contributed by atoms with Crippen molar-refractivity contribution in [3.05, 3.63) is 65.1 Å². The van der Waals surface area contributed by atoms with Gasteiger partial charge in [-0.05, 0) is 31.4 Å². The van der Waals surface area contributed by atoms with E-state index < -0.39 is 0 Å². The molecule has 0 spiro atoms. The Kier molecular flexibility index (Phi) is 3.65. The summed E-state index contributed by atoms with van der Waals surface area (Å²) in [7, 11) is 0. The Morgan fingerprint density at radius 1 is 1.29 bits per heavy atom. The van der Waals surface area contributed by atoms with Crippen molar-refractivity contribution >= 4 is 11.7 Å². The van der Waals surface area contributed by atoms with Crippen LogP contribution in [0.1, 0.15) is 46.2 Å². The Balaban J connectivity index is 1.52. The standard InChI is InChI=1S/C18H19N5O/c1-12-9-17(23(22-12)11-13-5-3-2-4-6-13)19-18(24)16-10-15(20-21-16)14-7-8-14/h2-6,9-10,14H,7-8,11H2,1H3,(H,19,24)(H,20,21). The first-order valence-electron chi connectivity index (χ1n) is 8.14. The van der Waals surface area contributed by atoms with E-state index in [0.29, 0.717) is 24.0 Å². The zero-order chi connectivity index (χ0) is 16.5. The summed E-state index contributed by atoms with van der Waals surface area (Å²) in [5.41, 5.74) is 3.46. The average Bonchev–Trinajstić information content (AvgIpc) is 3.21. The van der Waals surface area contributed by atoms with Gasteiger partial charge in [0.25, 0.3) is 5.91 Å². The van der Waals surface area contributed by atoms with Crippen molar-refractivity contribution in [3.63, 3.8) is 0 Å². The zero-order valence-electron chi connectivity index (χ0n) is 13.5. The number of benzene rings is 1. The molecule has 0 bridgehead atoms. The molecule has 0 saturated heterocycles. The van der Waals surface area contributed by atoms with Gasteiger partial charge in [0.2, 0.25) is 0 Å². The highest BCUT2D eigenvalue weighted by atomic mass is 16.2. The molecule has 0 atom stereocenters. The van der Waals surface area contributed by atoms with Crippen LogP contribution in [0.4, 0.5) is 5.82 Å². The van der Waals surface area contributed by atoms with Crippen molar-refractivity contribution in [3.8, 4) is 0 Å². The normalized spacial score (nSPS) is 13.9. The maximum absolute atomic E-state index is 12.4. The second-order valence-corrected chi connectivity index (χ2v) is 6.25. The highest BCUT2D eigenvalue weighted by molar-refractivity contribution is 6.02. The van der Waals surface area contributed by atoms with Gasteiger partial charge >= 0.3 is 0 Å². The molecular weight excluding hydrogens is 302 g/mol. The Morgan fingerprint density at radius 2 is 2.08 bits per heavy atom. The van der Waals surface area contributed by atoms with E-state index in [1.165, 1.54) is 12.8 Å². The average molecular weight is 321 g/mol. The summed E-state index contributed by atoms with van der Waals surface area (Å²) < 4.78 is 1.80. The summed E-state index contributed by atoms with van der Waals surface area (Å²) in [6.45, 7) is 2.52. The number of hydrogen-bond acceptors (Lipinski definition) is 3. The first-order valence-corrected chi connectivity index (χ1v) is 8.14. The smallest absolute Gasteiger partial charge is 0.277 e. The monoisotopic (exact) mass is 321 g/mol. The van der Waals surface area contributed by atoms with Gasteiger partial charge in [-0.2, -0.15) is 10.2 Å². The summed E-state index contributed by atoms with van der Waals surface area (Å²) in [5, 5.41) is 14.5. The molecule has 1 fully saturated rings. The second-order valence-electron chi connectivity index (χ2n) is 6.25. The first-order chi connectivity index (χ1) is 11.7. The molecule has 2 N–H and O–H groups in total. The van der Waals surface area contributed by atoms with Crippen molar-refractivity contribution in [1.82, 2.24) is 20.0 Å². The number of carbonyl (C=O) groups is 1. The molecule has 122 valence electrons. The van der Waals surface area contributed by atoms with Crippen LogP contribution in [0.3, 0.4) is 0 Å². The number of aromatic nitrogens is 4. The number of hydrogen-bond donors (Lipinski definition) is 2. The molecule has 2 heterocycles. The van der Waals surface area contributed by atoms with Crippen LogP contribution in [-0.4, -0.2) is 25.9 Å². The molecule has 1 aliphatic carbocycles. The summed E-state index contributed by atoms with van der Waals surface area (Å²) in [6.07, 6.45) is 2.35. The van der Waals surface area contributed by atoms with Crippen LogP contribution in [0.2, 0.25) is 0 Å². The highest BCUT2D eigenvalue weighted by Gasteiger charge is 2.26. The third-order valence-electron chi connectivity index (χ3n) is 4.17. The first kappa shape index (κ1) is 14.7. The lowest BCUT2D eigenvalue weighted by molar-refractivity contribution is 0.102. The molecule has 0 aliphatic heterocycles.